The van der Waals surface area contributed by atoms with Crippen LogP contribution in [0.1, 0.15) is 11.1 Å². The molecule has 0 saturated carbocycles. The van der Waals surface area contributed by atoms with Crippen molar-refractivity contribution >= 4 is 35.2 Å². The molecule has 3 nitrogen and oxygen atoms in total. The maximum Gasteiger partial charge on any atom is 0.328 e. The number of aliphatic carboxylic acids is 1. The van der Waals surface area contributed by atoms with Gasteiger partial charge in [0.25, 0.3) is 0 Å². The van der Waals surface area contributed by atoms with E-state index in [1.807, 2.05) is 13.0 Å². The summed E-state index contributed by atoms with van der Waals surface area (Å²) < 4.78 is 5.82. The number of aryl methyl sites for hydroxylation is 1. The third kappa shape index (κ3) is 4.25. The number of hydrogen-bond donors (Lipinski definition) is 1. The molecule has 2 aromatic rings. The van der Waals surface area contributed by atoms with Crippen LogP contribution < -0.4 is 4.74 Å². The lowest BCUT2D eigenvalue weighted by atomic mass is 10.1. The first-order valence-electron chi connectivity index (χ1n) is 6.10. The van der Waals surface area contributed by atoms with Crippen LogP contribution in [0.2, 0.25) is 10.0 Å². The Morgan fingerprint density at radius 1 is 1.10 bits per heavy atom. The first-order chi connectivity index (χ1) is 9.95. The Morgan fingerprint density at radius 3 is 2.38 bits per heavy atom. The van der Waals surface area contributed by atoms with Crippen molar-refractivity contribution in [2.24, 2.45) is 0 Å². The highest BCUT2D eigenvalue weighted by atomic mass is 35.5. The van der Waals surface area contributed by atoms with Gasteiger partial charge in [0.1, 0.15) is 11.5 Å². The van der Waals surface area contributed by atoms with Gasteiger partial charge in [-0.25, -0.2) is 4.79 Å². The van der Waals surface area contributed by atoms with E-state index in [1.165, 1.54) is 6.08 Å². The molecule has 0 aliphatic rings. The van der Waals surface area contributed by atoms with Crippen LogP contribution in [0, 0.1) is 6.92 Å². The molecule has 0 spiro atoms. The number of carbonyl (C=O) groups is 1. The van der Waals surface area contributed by atoms with Crippen molar-refractivity contribution in [3.05, 3.63) is 63.6 Å². The topological polar surface area (TPSA) is 46.5 Å². The van der Waals surface area contributed by atoms with E-state index >= 15 is 0 Å². The molecule has 0 heterocycles. The molecule has 2 aromatic carbocycles. The van der Waals surface area contributed by atoms with Crippen molar-refractivity contribution in [2.75, 3.05) is 0 Å². The fraction of sp³-hybridized carbons (Fsp3) is 0.0625. The van der Waals surface area contributed by atoms with Crippen LogP contribution in [0.15, 0.2) is 42.5 Å². The maximum atomic E-state index is 10.6. The van der Waals surface area contributed by atoms with Gasteiger partial charge in [0, 0.05) is 27.8 Å². The van der Waals surface area contributed by atoms with Gasteiger partial charge < -0.3 is 9.84 Å². The molecule has 5 heteroatoms. The number of benzene rings is 2. The van der Waals surface area contributed by atoms with E-state index in [0.29, 0.717) is 27.1 Å². The van der Waals surface area contributed by atoms with Crippen molar-refractivity contribution in [2.45, 2.75) is 6.92 Å². The van der Waals surface area contributed by atoms with Crippen LogP contribution in [-0.4, -0.2) is 11.1 Å². The number of carboxylic acid groups (broad SMARTS) is 1. The predicted molar refractivity (Wildman–Crippen MR) is 84.4 cm³/mol. The average Bonchev–Trinajstić information content (AvgIpc) is 2.42. The minimum absolute atomic E-state index is 0.463. The molecular weight excluding hydrogens is 311 g/mol. The summed E-state index contributed by atoms with van der Waals surface area (Å²) in [5.74, 6) is 0.0231. The molecule has 0 radical (unpaired) electrons. The van der Waals surface area contributed by atoms with Gasteiger partial charge in [-0.15, -0.1) is 0 Å². The van der Waals surface area contributed by atoms with Crippen molar-refractivity contribution in [1.82, 2.24) is 0 Å². The van der Waals surface area contributed by atoms with Gasteiger partial charge in [-0.2, -0.15) is 0 Å². The molecule has 0 amide bonds. The van der Waals surface area contributed by atoms with Crippen LogP contribution >= 0.6 is 23.2 Å². The van der Waals surface area contributed by atoms with Crippen molar-refractivity contribution in [3.8, 4) is 11.5 Å². The molecule has 0 aromatic heterocycles. The molecule has 0 fully saturated rings. The monoisotopic (exact) mass is 322 g/mol. The zero-order valence-electron chi connectivity index (χ0n) is 11.1. The van der Waals surface area contributed by atoms with Gasteiger partial charge in [-0.3, -0.25) is 0 Å². The molecule has 0 aliphatic carbocycles. The molecule has 0 unspecified atom stereocenters. The van der Waals surface area contributed by atoms with Gasteiger partial charge in [0.2, 0.25) is 0 Å². The van der Waals surface area contributed by atoms with Crippen LogP contribution in [0.25, 0.3) is 6.08 Å². The Balaban J connectivity index is 2.40. The summed E-state index contributed by atoms with van der Waals surface area (Å²) in [5.41, 5.74) is 1.52. The first kappa shape index (κ1) is 15.4. The van der Waals surface area contributed by atoms with Crippen LogP contribution in [0.4, 0.5) is 0 Å². The van der Waals surface area contributed by atoms with E-state index in [9.17, 15) is 4.79 Å². The van der Waals surface area contributed by atoms with Crippen molar-refractivity contribution < 1.29 is 14.6 Å². The molecule has 21 heavy (non-hydrogen) atoms. The Morgan fingerprint density at radius 2 is 1.71 bits per heavy atom. The second-order valence-corrected chi connectivity index (χ2v) is 5.24. The highest BCUT2D eigenvalue weighted by Crippen LogP contribution is 2.32. The fourth-order valence-electron chi connectivity index (χ4n) is 1.70. The highest BCUT2D eigenvalue weighted by Gasteiger charge is 2.07. The zero-order chi connectivity index (χ0) is 15.4. The first-order valence-corrected chi connectivity index (χ1v) is 6.86. The Bertz CT molecular complexity index is 709. The van der Waals surface area contributed by atoms with Gasteiger partial charge in [0.15, 0.2) is 0 Å². The molecule has 0 bridgehead atoms. The third-order valence-corrected chi connectivity index (χ3v) is 3.22. The Hall–Kier alpha value is -1.97. The lowest BCUT2D eigenvalue weighted by Gasteiger charge is -2.12. The number of carboxylic acids is 1. The third-order valence-electron chi connectivity index (χ3n) is 2.75. The maximum absolute atomic E-state index is 10.6. The van der Waals surface area contributed by atoms with E-state index in [2.05, 4.69) is 0 Å². The highest BCUT2D eigenvalue weighted by molar-refractivity contribution is 6.31. The Labute approximate surface area is 132 Å². The molecule has 1 N–H and O–H groups in total. The molecule has 0 aliphatic heterocycles. The number of ether oxygens (including phenoxy) is 1. The standard InChI is InChI=1S/C16H12Cl2O3/c1-10-2-5-12(17)8-14(10)21-15-9-13(18)6-3-11(15)4-7-16(19)20/h2-9H,1H3,(H,19,20)/b7-4+. The summed E-state index contributed by atoms with van der Waals surface area (Å²) in [4.78, 5) is 10.6. The van der Waals surface area contributed by atoms with E-state index in [-0.39, 0.29) is 0 Å². The SMILES string of the molecule is Cc1ccc(Cl)cc1Oc1cc(Cl)ccc1/C=C/C(=O)O. The molecule has 2 rings (SSSR count). The molecular formula is C16H12Cl2O3. The van der Waals surface area contributed by atoms with Gasteiger partial charge in [-0.1, -0.05) is 29.3 Å². The summed E-state index contributed by atoms with van der Waals surface area (Å²) in [5, 5.41) is 9.77. The summed E-state index contributed by atoms with van der Waals surface area (Å²) in [7, 11) is 0. The second kappa shape index (κ2) is 6.66. The number of rotatable bonds is 4. The van der Waals surface area contributed by atoms with E-state index in [0.717, 1.165) is 11.6 Å². The summed E-state index contributed by atoms with van der Waals surface area (Å²) in [6, 6.07) is 10.3. The summed E-state index contributed by atoms with van der Waals surface area (Å²) >= 11 is 11.9. The zero-order valence-corrected chi connectivity index (χ0v) is 12.7. The number of halogens is 2. The summed E-state index contributed by atoms with van der Waals surface area (Å²) in [6.45, 7) is 1.89. The van der Waals surface area contributed by atoms with Gasteiger partial charge >= 0.3 is 5.97 Å². The normalized spacial score (nSPS) is 10.8. The minimum Gasteiger partial charge on any atom is -0.478 e. The van der Waals surface area contributed by atoms with Crippen LogP contribution in [-0.2, 0) is 4.79 Å². The lowest BCUT2D eigenvalue weighted by Crippen LogP contribution is -1.91. The van der Waals surface area contributed by atoms with Crippen molar-refractivity contribution in [3.63, 3.8) is 0 Å². The molecule has 0 saturated heterocycles. The van der Waals surface area contributed by atoms with E-state index in [1.54, 1.807) is 30.3 Å². The largest absolute Gasteiger partial charge is 0.478 e. The quantitative estimate of drug-likeness (QED) is 0.787. The summed E-state index contributed by atoms with van der Waals surface area (Å²) in [6.07, 6.45) is 2.49. The smallest absolute Gasteiger partial charge is 0.328 e. The predicted octanol–water partition coefficient (Wildman–Crippen LogP) is 5.19. The fourth-order valence-corrected chi connectivity index (χ4v) is 2.02. The van der Waals surface area contributed by atoms with E-state index < -0.39 is 5.97 Å². The molecule has 108 valence electrons. The van der Waals surface area contributed by atoms with E-state index in [4.69, 9.17) is 33.0 Å². The number of hydrogen-bond acceptors (Lipinski definition) is 2. The minimum atomic E-state index is -1.03. The van der Waals surface area contributed by atoms with Gasteiger partial charge in [-0.05, 0) is 42.8 Å². The van der Waals surface area contributed by atoms with Crippen LogP contribution in [0.5, 0.6) is 11.5 Å². The second-order valence-electron chi connectivity index (χ2n) is 4.37. The van der Waals surface area contributed by atoms with Gasteiger partial charge in [0.05, 0.1) is 0 Å². The molecule has 0 atom stereocenters. The van der Waals surface area contributed by atoms with Crippen LogP contribution in [0.3, 0.4) is 0 Å². The lowest BCUT2D eigenvalue weighted by molar-refractivity contribution is -0.131. The average molecular weight is 323 g/mol. The Kier molecular flexibility index (Phi) is 4.89. The van der Waals surface area contributed by atoms with Crippen molar-refractivity contribution in [1.29, 1.82) is 0 Å².